The maximum absolute atomic E-state index is 12.6. The topological polar surface area (TPSA) is 33.1 Å². The van der Waals surface area contributed by atoms with Crippen molar-refractivity contribution in [1.82, 2.24) is 4.98 Å². The van der Waals surface area contributed by atoms with Crippen molar-refractivity contribution in [1.29, 1.82) is 0 Å². The Labute approximate surface area is 68.3 Å². The van der Waals surface area contributed by atoms with Crippen LogP contribution >= 0.6 is 0 Å². The lowest BCUT2D eigenvalue weighted by molar-refractivity contribution is 0.478. The van der Waals surface area contributed by atoms with E-state index in [1.54, 1.807) is 18.2 Å². The number of para-hydroxylation sites is 1. The van der Waals surface area contributed by atoms with E-state index in [-0.39, 0.29) is 5.75 Å². The quantitative estimate of drug-likeness (QED) is 0.603. The number of fused-ring (bicyclic) bond motifs is 1. The van der Waals surface area contributed by atoms with Crippen LogP contribution in [0.4, 0.5) is 4.39 Å². The third kappa shape index (κ3) is 0.993. The lowest BCUT2D eigenvalue weighted by Crippen LogP contribution is -1.83. The van der Waals surface area contributed by atoms with Gasteiger partial charge >= 0.3 is 0 Å². The van der Waals surface area contributed by atoms with Gasteiger partial charge in [0.2, 0.25) is 5.95 Å². The minimum absolute atomic E-state index is 0.00648. The van der Waals surface area contributed by atoms with E-state index in [4.69, 9.17) is 0 Å². The molecule has 0 saturated heterocycles. The minimum atomic E-state index is -0.580. The van der Waals surface area contributed by atoms with Crippen LogP contribution in [-0.2, 0) is 0 Å². The first kappa shape index (κ1) is 7.03. The zero-order chi connectivity index (χ0) is 8.55. The summed E-state index contributed by atoms with van der Waals surface area (Å²) < 4.78 is 12.6. The maximum Gasteiger partial charge on any atom is 0.213 e. The number of pyridine rings is 1. The molecule has 0 spiro atoms. The number of aromatic nitrogens is 1. The molecule has 1 heterocycles. The van der Waals surface area contributed by atoms with E-state index in [1.807, 2.05) is 0 Å². The van der Waals surface area contributed by atoms with Crippen molar-refractivity contribution in [3.63, 3.8) is 0 Å². The molecule has 0 saturated carbocycles. The molecule has 0 unspecified atom stereocenters. The molecule has 2 aromatic rings. The van der Waals surface area contributed by atoms with E-state index >= 15 is 0 Å². The van der Waals surface area contributed by atoms with Gasteiger partial charge in [-0.25, -0.2) is 4.98 Å². The second-order valence-electron chi connectivity index (χ2n) is 2.48. The molecular formula is C9H6FNO. The smallest absolute Gasteiger partial charge is 0.213 e. The van der Waals surface area contributed by atoms with Crippen molar-refractivity contribution in [2.45, 2.75) is 0 Å². The highest BCUT2D eigenvalue weighted by Gasteiger charge is 2.00. The van der Waals surface area contributed by atoms with Crippen LogP contribution in [0, 0.1) is 5.95 Å². The van der Waals surface area contributed by atoms with E-state index in [1.165, 1.54) is 12.1 Å². The Morgan fingerprint density at radius 2 is 2.00 bits per heavy atom. The van der Waals surface area contributed by atoms with Crippen molar-refractivity contribution in [2.24, 2.45) is 0 Å². The van der Waals surface area contributed by atoms with E-state index in [0.717, 1.165) is 5.39 Å². The Balaban J connectivity index is 2.88. The molecule has 0 aliphatic heterocycles. The average Bonchev–Trinajstić information content (AvgIpc) is 2.07. The molecule has 60 valence electrons. The summed E-state index contributed by atoms with van der Waals surface area (Å²) >= 11 is 0. The molecule has 0 bridgehead atoms. The molecule has 1 aromatic heterocycles. The van der Waals surface area contributed by atoms with Crippen LogP contribution < -0.4 is 0 Å². The summed E-state index contributed by atoms with van der Waals surface area (Å²) in [5.41, 5.74) is 0.303. The zero-order valence-electron chi connectivity index (χ0n) is 6.16. The second-order valence-corrected chi connectivity index (χ2v) is 2.48. The molecule has 0 aliphatic rings. The summed E-state index contributed by atoms with van der Waals surface area (Å²) in [6.45, 7) is 0. The van der Waals surface area contributed by atoms with E-state index in [9.17, 15) is 9.50 Å². The third-order valence-corrected chi connectivity index (χ3v) is 1.66. The van der Waals surface area contributed by atoms with Crippen LogP contribution in [0.25, 0.3) is 10.9 Å². The van der Waals surface area contributed by atoms with Crippen molar-refractivity contribution < 1.29 is 9.50 Å². The fourth-order valence-electron chi connectivity index (χ4n) is 1.11. The zero-order valence-corrected chi connectivity index (χ0v) is 6.16. The van der Waals surface area contributed by atoms with Crippen molar-refractivity contribution >= 4 is 10.9 Å². The Hall–Kier alpha value is -1.64. The molecule has 3 heteroatoms. The van der Waals surface area contributed by atoms with Crippen LogP contribution in [0.1, 0.15) is 0 Å². The molecule has 0 radical (unpaired) electrons. The summed E-state index contributed by atoms with van der Waals surface area (Å²) in [4.78, 5) is 3.56. The van der Waals surface area contributed by atoms with Gasteiger partial charge in [0, 0.05) is 5.39 Å². The lowest BCUT2D eigenvalue weighted by atomic mass is 10.2. The highest BCUT2D eigenvalue weighted by molar-refractivity contribution is 5.83. The highest BCUT2D eigenvalue weighted by atomic mass is 19.1. The number of rotatable bonds is 0. The summed E-state index contributed by atoms with van der Waals surface area (Å²) in [5, 5.41) is 10.00. The van der Waals surface area contributed by atoms with Gasteiger partial charge < -0.3 is 5.11 Å². The van der Waals surface area contributed by atoms with E-state index in [2.05, 4.69) is 4.98 Å². The fourth-order valence-corrected chi connectivity index (χ4v) is 1.11. The summed E-state index contributed by atoms with van der Waals surface area (Å²) in [7, 11) is 0. The molecule has 12 heavy (non-hydrogen) atoms. The third-order valence-electron chi connectivity index (χ3n) is 1.66. The van der Waals surface area contributed by atoms with E-state index in [0.29, 0.717) is 5.52 Å². The summed E-state index contributed by atoms with van der Waals surface area (Å²) in [6.07, 6.45) is 0. The fraction of sp³-hybridized carbons (Fsp3) is 0. The lowest BCUT2D eigenvalue weighted by Gasteiger charge is -1.98. The van der Waals surface area contributed by atoms with Crippen LogP contribution in [0.5, 0.6) is 5.75 Å². The van der Waals surface area contributed by atoms with E-state index < -0.39 is 5.95 Å². The number of aromatic hydroxyl groups is 1. The molecule has 1 aromatic carbocycles. The number of nitrogens with zero attached hydrogens (tertiary/aromatic N) is 1. The Kier molecular flexibility index (Phi) is 1.43. The van der Waals surface area contributed by atoms with Crippen LogP contribution in [-0.4, -0.2) is 10.1 Å². The molecule has 2 nitrogen and oxygen atoms in total. The SMILES string of the molecule is Oc1cccc2ccc(F)nc12. The van der Waals surface area contributed by atoms with Gasteiger partial charge in [-0.15, -0.1) is 0 Å². The first-order valence-electron chi connectivity index (χ1n) is 3.51. The number of phenols is 1. The number of hydrogen-bond acceptors (Lipinski definition) is 2. The van der Waals surface area contributed by atoms with Gasteiger partial charge in [0.1, 0.15) is 11.3 Å². The van der Waals surface area contributed by atoms with Gasteiger partial charge in [0.05, 0.1) is 0 Å². The van der Waals surface area contributed by atoms with Gasteiger partial charge in [0.25, 0.3) is 0 Å². The molecular weight excluding hydrogens is 157 g/mol. The predicted octanol–water partition coefficient (Wildman–Crippen LogP) is 2.08. The van der Waals surface area contributed by atoms with Crippen LogP contribution in [0.2, 0.25) is 0 Å². The molecule has 1 N–H and O–H groups in total. The standard InChI is InChI=1S/C9H6FNO/c10-8-5-4-6-2-1-3-7(12)9(6)11-8/h1-5,12H. The Bertz CT molecular complexity index is 428. The van der Waals surface area contributed by atoms with Crippen LogP contribution in [0.15, 0.2) is 30.3 Å². The molecule has 0 amide bonds. The molecule has 0 atom stereocenters. The summed E-state index contributed by atoms with van der Waals surface area (Å²) in [6, 6.07) is 7.78. The summed E-state index contributed by atoms with van der Waals surface area (Å²) in [5.74, 6) is -0.573. The largest absolute Gasteiger partial charge is 0.506 e. The number of benzene rings is 1. The Morgan fingerprint density at radius 1 is 1.17 bits per heavy atom. The first-order chi connectivity index (χ1) is 5.77. The second kappa shape index (κ2) is 2.44. The number of halogens is 1. The molecule has 2 rings (SSSR count). The van der Waals surface area contributed by atoms with Gasteiger partial charge in [-0.3, -0.25) is 0 Å². The molecule has 0 fully saturated rings. The van der Waals surface area contributed by atoms with Crippen molar-refractivity contribution in [3.8, 4) is 5.75 Å². The average molecular weight is 163 g/mol. The highest BCUT2D eigenvalue weighted by Crippen LogP contribution is 2.21. The van der Waals surface area contributed by atoms with Gasteiger partial charge in [0.15, 0.2) is 0 Å². The van der Waals surface area contributed by atoms with Gasteiger partial charge in [-0.1, -0.05) is 12.1 Å². The van der Waals surface area contributed by atoms with Gasteiger partial charge in [-0.2, -0.15) is 4.39 Å². The van der Waals surface area contributed by atoms with Crippen molar-refractivity contribution in [2.75, 3.05) is 0 Å². The number of hydrogen-bond donors (Lipinski definition) is 1. The predicted molar refractivity (Wildman–Crippen MR) is 43.4 cm³/mol. The monoisotopic (exact) mass is 163 g/mol. The molecule has 0 aliphatic carbocycles. The first-order valence-corrected chi connectivity index (χ1v) is 3.51. The van der Waals surface area contributed by atoms with Gasteiger partial charge in [-0.05, 0) is 18.2 Å². The van der Waals surface area contributed by atoms with Crippen molar-refractivity contribution in [3.05, 3.63) is 36.3 Å². The van der Waals surface area contributed by atoms with Crippen LogP contribution in [0.3, 0.4) is 0 Å². The maximum atomic E-state index is 12.6. The number of phenolic OH excluding ortho intramolecular Hbond substituents is 1. The normalized spacial score (nSPS) is 10.4. The Morgan fingerprint density at radius 3 is 2.83 bits per heavy atom. The minimum Gasteiger partial charge on any atom is -0.506 e.